The van der Waals surface area contributed by atoms with Crippen molar-refractivity contribution in [1.82, 2.24) is 4.98 Å². The maximum absolute atomic E-state index is 11.4. The Hall–Kier alpha value is -3.15. The Kier molecular flexibility index (Phi) is 4.29. The van der Waals surface area contributed by atoms with Gasteiger partial charge in [-0.3, -0.25) is 9.59 Å². The highest BCUT2D eigenvalue weighted by Gasteiger charge is 2.23. The molecule has 0 aliphatic carbocycles. The van der Waals surface area contributed by atoms with E-state index in [0.29, 0.717) is 16.7 Å². The second kappa shape index (κ2) is 6.54. The normalized spacial score (nSPS) is 12.0. The Bertz CT molecular complexity index is 885. The molecule has 1 heterocycles. The van der Waals surface area contributed by atoms with Crippen LogP contribution in [-0.4, -0.2) is 22.0 Å². The molecule has 1 N–H and O–H groups in total. The minimum absolute atomic E-state index is 0.0931. The van der Waals surface area contributed by atoms with Crippen LogP contribution < -0.4 is 0 Å². The van der Waals surface area contributed by atoms with Crippen molar-refractivity contribution in [3.8, 4) is 0 Å². The van der Waals surface area contributed by atoms with Crippen molar-refractivity contribution >= 4 is 23.0 Å². The lowest BCUT2D eigenvalue weighted by Gasteiger charge is -2.13. The molecule has 6 nitrogen and oxygen atoms in total. The fourth-order valence-corrected chi connectivity index (χ4v) is 2.44. The molecule has 0 fully saturated rings. The first-order valence-electron chi connectivity index (χ1n) is 7.36. The average molecular weight is 325 g/mol. The van der Waals surface area contributed by atoms with Crippen LogP contribution in [0.3, 0.4) is 0 Å². The van der Waals surface area contributed by atoms with E-state index in [4.69, 9.17) is 14.3 Å². The monoisotopic (exact) mass is 325 g/mol. The van der Waals surface area contributed by atoms with Gasteiger partial charge in [0.1, 0.15) is 5.52 Å². The van der Waals surface area contributed by atoms with Gasteiger partial charge >= 0.3 is 11.9 Å². The molecule has 1 unspecified atom stereocenters. The molecular weight excluding hydrogens is 310 g/mol. The van der Waals surface area contributed by atoms with E-state index < -0.39 is 18.0 Å². The summed E-state index contributed by atoms with van der Waals surface area (Å²) in [4.78, 5) is 26.6. The van der Waals surface area contributed by atoms with Gasteiger partial charge in [-0.05, 0) is 17.7 Å². The number of hydrogen-bond donors (Lipinski definition) is 1. The molecule has 0 aliphatic rings. The lowest BCUT2D eigenvalue weighted by molar-refractivity contribution is -0.145. The van der Waals surface area contributed by atoms with Crippen molar-refractivity contribution in [2.75, 3.05) is 0 Å². The maximum atomic E-state index is 11.4. The molecule has 0 aliphatic heterocycles. The number of nitrogens with zero attached hydrogens (tertiary/aromatic N) is 1. The summed E-state index contributed by atoms with van der Waals surface area (Å²) in [6.45, 7) is 1.32. The van der Waals surface area contributed by atoms with Gasteiger partial charge in [-0.25, -0.2) is 4.98 Å². The van der Waals surface area contributed by atoms with Crippen molar-refractivity contribution < 1.29 is 23.8 Å². The number of ether oxygens (including phenoxy) is 1. The summed E-state index contributed by atoms with van der Waals surface area (Å²) in [7, 11) is 0. The molecule has 0 saturated carbocycles. The fourth-order valence-electron chi connectivity index (χ4n) is 2.44. The minimum Gasteiger partial charge on any atom is -0.481 e. The van der Waals surface area contributed by atoms with E-state index in [-0.39, 0.29) is 12.3 Å². The van der Waals surface area contributed by atoms with Gasteiger partial charge in [0.15, 0.2) is 5.58 Å². The fraction of sp³-hybridized carbons (Fsp3) is 0.167. The summed E-state index contributed by atoms with van der Waals surface area (Å²) in [5, 5.41) is 8.88. The molecular formula is C18H15NO5. The summed E-state index contributed by atoms with van der Waals surface area (Å²) in [6, 6.07) is 14.2. The van der Waals surface area contributed by atoms with Gasteiger partial charge < -0.3 is 14.3 Å². The molecule has 0 spiro atoms. The van der Waals surface area contributed by atoms with Gasteiger partial charge in [0.2, 0.25) is 12.0 Å². The van der Waals surface area contributed by atoms with Crippen LogP contribution in [0.25, 0.3) is 11.1 Å². The van der Waals surface area contributed by atoms with Gasteiger partial charge in [-0.15, -0.1) is 0 Å². The Morgan fingerprint density at radius 2 is 1.96 bits per heavy atom. The van der Waals surface area contributed by atoms with Crippen LogP contribution in [0, 0.1) is 0 Å². The minimum atomic E-state index is -0.917. The maximum Gasteiger partial charge on any atom is 0.307 e. The molecule has 122 valence electrons. The first kappa shape index (κ1) is 15.7. The predicted octanol–water partition coefficient (Wildman–Crippen LogP) is 3.11. The van der Waals surface area contributed by atoms with Crippen LogP contribution in [0.4, 0.5) is 0 Å². The van der Waals surface area contributed by atoms with Crippen molar-refractivity contribution in [3.63, 3.8) is 0 Å². The number of aromatic nitrogens is 1. The highest BCUT2D eigenvalue weighted by atomic mass is 16.6. The van der Waals surface area contributed by atoms with E-state index in [9.17, 15) is 9.59 Å². The SMILES string of the molecule is CC(=O)OC(c1ccccc1)c1nc2cc(CC(=O)O)ccc2o1. The summed E-state index contributed by atoms with van der Waals surface area (Å²) in [5.41, 5.74) is 2.40. The molecule has 0 saturated heterocycles. The Labute approximate surface area is 137 Å². The molecule has 24 heavy (non-hydrogen) atoms. The van der Waals surface area contributed by atoms with Crippen LogP contribution in [0.1, 0.15) is 30.0 Å². The number of fused-ring (bicyclic) bond motifs is 1. The Morgan fingerprint density at radius 3 is 2.62 bits per heavy atom. The highest BCUT2D eigenvalue weighted by Crippen LogP contribution is 2.29. The molecule has 0 amide bonds. The zero-order chi connectivity index (χ0) is 17.1. The number of carboxylic acids is 1. The molecule has 2 aromatic carbocycles. The number of carbonyl (C=O) groups is 2. The van der Waals surface area contributed by atoms with Crippen molar-refractivity contribution in [3.05, 3.63) is 65.5 Å². The number of hydrogen-bond acceptors (Lipinski definition) is 5. The standard InChI is InChI=1S/C18H15NO5/c1-11(20)23-17(13-5-3-2-4-6-13)18-19-14-9-12(10-16(21)22)7-8-15(14)24-18/h2-9,17H,10H2,1H3,(H,21,22). The number of carbonyl (C=O) groups excluding carboxylic acids is 1. The third kappa shape index (κ3) is 3.43. The molecule has 3 aromatic rings. The van der Waals surface area contributed by atoms with Crippen molar-refractivity contribution in [1.29, 1.82) is 0 Å². The number of oxazole rings is 1. The van der Waals surface area contributed by atoms with Crippen molar-refractivity contribution in [2.24, 2.45) is 0 Å². The van der Waals surface area contributed by atoms with Crippen LogP contribution in [0.5, 0.6) is 0 Å². The van der Waals surface area contributed by atoms with Crippen LogP contribution in [0.15, 0.2) is 52.9 Å². The largest absolute Gasteiger partial charge is 0.481 e. The number of aliphatic carboxylic acids is 1. The zero-order valence-electron chi connectivity index (χ0n) is 12.9. The van der Waals surface area contributed by atoms with E-state index in [1.54, 1.807) is 18.2 Å². The van der Waals surface area contributed by atoms with Gasteiger partial charge in [-0.1, -0.05) is 36.4 Å². The van der Waals surface area contributed by atoms with E-state index >= 15 is 0 Å². The number of benzene rings is 2. The third-order valence-corrected chi connectivity index (χ3v) is 3.43. The summed E-state index contributed by atoms with van der Waals surface area (Å²) in [5.74, 6) is -1.11. The Balaban J connectivity index is 2.01. The third-order valence-electron chi connectivity index (χ3n) is 3.43. The van der Waals surface area contributed by atoms with E-state index in [1.807, 2.05) is 30.3 Å². The van der Waals surface area contributed by atoms with E-state index in [2.05, 4.69) is 4.98 Å². The quantitative estimate of drug-likeness (QED) is 0.725. The lowest BCUT2D eigenvalue weighted by Crippen LogP contribution is -2.10. The summed E-state index contributed by atoms with van der Waals surface area (Å²) < 4.78 is 11.1. The summed E-state index contributed by atoms with van der Waals surface area (Å²) >= 11 is 0. The van der Waals surface area contributed by atoms with Crippen LogP contribution >= 0.6 is 0 Å². The van der Waals surface area contributed by atoms with Gasteiger partial charge in [0.05, 0.1) is 6.42 Å². The molecule has 1 atom stereocenters. The topological polar surface area (TPSA) is 89.6 Å². The van der Waals surface area contributed by atoms with Gasteiger partial charge in [0.25, 0.3) is 0 Å². The smallest absolute Gasteiger partial charge is 0.307 e. The number of carboxylic acid groups (broad SMARTS) is 1. The summed E-state index contributed by atoms with van der Waals surface area (Å²) in [6.07, 6.45) is -0.844. The van der Waals surface area contributed by atoms with Crippen LogP contribution in [-0.2, 0) is 20.7 Å². The first-order valence-corrected chi connectivity index (χ1v) is 7.36. The highest BCUT2D eigenvalue weighted by molar-refractivity contribution is 5.77. The first-order chi connectivity index (χ1) is 11.5. The molecule has 0 radical (unpaired) electrons. The van der Waals surface area contributed by atoms with E-state index in [0.717, 1.165) is 5.56 Å². The predicted molar refractivity (Wildman–Crippen MR) is 85.4 cm³/mol. The molecule has 1 aromatic heterocycles. The lowest BCUT2D eigenvalue weighted by atomic mass is 10.1. The Morgan fingerprint density at radius 1 is 1.21 bits per heavy atom. The number of esters is 1. The second-order valence-electron chi connectivity index (χ2n) is 5.32. The van der Waals surface area contributed by atoms with Crippen LogP contribution in [0.2, 0.25) is 0 Å². The molecule has 6 heteroatoms. The van der Waals surface area contributed by atoms with E-state index in [1.165, 1.54) is 6.92 Å². The van der Waals surface area contributed by atoms with Gasteiger partial charge in [-0.2, -0.15) is 0 Å². The average Bonchev–Trinajstić information content (AvgIpc) is 2.95. The molecule has 0 bridgehead atoms. The zero-order valence-corrected chi connectivity index (χ0v) is 12.9. The molecule has 3 rings (SSSR count). The van der Waals surface area contributed by atoms with Crippen molar-refractivity contribution in [2.45, 2.75) is 19.4 Å². The second-order valence-corrected chi connectivity index (χ2v) is 5.32. The van der Waals surface area contributed by atoms with Gasteiger partial charge in [0, 0.05) is 12.5 Å². The number of rotatable bonds is 5.